The summed E-state index contributed by atoms with van der Waals surface area (Å²) in [5.74, 6) is 0.112. The maximum Gasteiger partial charge on any atom is 0.227 e. The minimum absolute atomic E-state index is 0.112. The van der Waals surface area contributed by atoms with Gasteiger partial charge in [0.05, 0.1) is 12.0 Å². The molecule has 1 aromatic rings. The van der Waals surface area contributed by atoms with Gasteiger partial charge in [-0.1, -0.05) is 29.8 Å². The Morgan fingerprint density at radius 1 is 1.50 bits per heavy atom. The van der Waals surface area contributed by atoms with Crippen LogP contribution in [0.5, 0.6) is 0 Å². The molecule has 0 radical (unpaired) electrons. The van der Waals surface area contributed by atoms with Crippen LogP contribution in [-0.2, 0) is 11.2 Å². The molecule has 1 fully saturated rings. The Morgan fingerprint density at radius 3 is 2.94 bits per heavy atom. The van der Waals surface area contributed by atoms with E-state index < -0.39 is 5.60 Å². The Hall–Kier alpha value is -1.35. The third-order valence-corrected chi connectivity index (χ3v) is 3.47. The molecule has 1 aliphatic heterocycles. The zero-order valence-corrected chi connectivity index (χ0v) is 11.1. The van der Waals surface area contributed by atoms with E-state index in [0.717, 1.165) is 24.9 Å². The van der Waals surface area contributed by atoms with Crippen LogP contribution in [0.15, 0.2) is 24.3 Å². The van der Waals surface area contributed by atoms with Crippen molar-refractivity contribution >= 4 is 5.91 Å². The van der Waals surface area contributed by atoms with Crippen molar-refractivity contribution in [2.45, 2.75) is 38.7 Å². The number of amides is 1. The van der Waals surface area contributed by atoms with E-state index in [-0.39, 0.29) is 5.91 Å². The van der Waals surface area contributed by atoms with Gasteiger partial charge >= 0.3 is 0 Å². The lowest BCUT2D eigenvalue weighted by molar-refractivity contribution is -0.136. The van der Waals surface area contributed by atoms with Gasteiger partial charge in [-0.15, -0.1) is 0 Å². The molecule has 0 aromatic heterocycles. The number of benzene rings is 1. The first-order valence-corrected chi connectivity index (χ1v) is 6.52. The van der Waals surface area contributed by atoms with Gasteiger partial charge in [-0.2, -0.15) is 0 Å². The van der Waals surface area contributed by atoms with Gasteiger partial charge in [0.15, 0.2) is 0 Å². The molecule has 1 atom stereocenters. The van der Waals surface area contributed by atoms with E-state index in [1.807, 2.05) is 31.2 Å². The van der Waals surface area contributed by atoms with Gasteiger partial charge < -0.3 is 10.0 Å². The van der Waals surface area contributed by atoms with Crippen molar-refractivity contribution in [1.82, 2.24) is 4.90 Å². The van der Waals surface area contributed by atoms with Crippen molar-refractivity contribution in [1.29, 1.82) is 0 Å². The first-order chi connectivity index (χ1) is 8.46. The molecule has 1 N–H and O–H groups in total. The zero-order valence-electron chi connectivity index (χ0n) is 11.1. The number of aliphatic hydroxyl groups is 1. The monoisotopic (exact) mass is 247 g/mol. The predicted molar refractivity (Wildman–Crippen MR) is 71.3 cm³/mol. The van der Waals surface area contributed by atoms with Gasteiger partial charge in [0.1, 0.15) is 0 Å². The number of nitrogens with zero attached hydrogens (tertiary/aromatic N) is 1. The lowest BCUT2D eigenvalue weighted by atomic mass is 9.94. The summed E-state index contributed by atoms with van der Waals surface area (Å²) >= 11 is 0. The van der Waals surface area contributed by atoms with Crippen molar-refractivity contribution in [2.75, 3.05) is 13.1 Å². The van der Waals surface area contributed by atoms with Crippen LogP contribution in [-0.4, -0.2) is 34.6 Å². The van der Waals surface area contributed by atoms with Crippen LogP contribution >= 0.6 is 0 Å². The van der Waals surface area contributed by atoms with Gasteiger partial charge in [-0.3, -0.25) is 4.79 Å². The van der Waals surface area contributed by atoms with Crippen LogP contribution in [0.1, 0.15) is 30.9 Å². The van der Waals surface area contributed by atoms with Crippen LogP contribution in [0, 0.1) is 6.92 Å². The third kappa shape index (κ3) is 3.33. The Balaban J connectivity index is 2.00. The lowest BCUT2D eigenvalue weighted by Crippen LogP contribution is -2.49. The summed E-state index contributed by atoms with van der Waals surface area (Å²) in [7, 11) is 0. The standard InChI is InChI=1S/C15H21NO2/c1-12-5-3-6-13(9-12)10-14(17)16-8-4-7-15(2,18)11-16/h3,5-6,9,18H,4,7-8,10-11H2,1-2H3. The van der Waals surface area contributed by atoms with Crippen LogP contribution in [0.3, 0.4) is 0 Å². The van der Waals surface area contributed by atoms with Crippen LogP contribution in [0.4, 0.5) is 0 Å². The molecule has 0 aliphatic carbocycles. The molecule has 1 unspecified atom stereocenters. The summed E-state index contributed by atoms with van der Waals surface area (Å²) in [5.41, 5.74) is 1.50. The van der Waals surface area contributed by atoms with Crippen molar-refractivity contribution < 1.29 is 9.90 Å². The first-order valence-electron chi connectivity index (χ1n) is 6.52. The Morgan fingerprint density at radius 2 is 2.28 bits per heavy atom. The SMILES string of the molecule is Cc1cccc(CC(=O)N2CCCC(C)(O)C2)c1. The second-order valence-corrected chi connectivity index (χ2v) is 5.58. The number of hydrogen-bond acceptors (Lipinski definition) is 2. The van der Waals surface area contributed by atoms with Crippen LogP contribution in [0.2, 0.25) is 0 Å². The van der Waals surface area contributed by atoms with E-state index in [1.165, 1.54) is 5.56 Å². The van der Waals surface area contributed by atoms with E-state index in [1.54, 1.807) is 11.8 Å². The fourth-order valence-electron chi connectivity index (χ4n) is 2.54. The number of β-amino-alcohol motifs (C(OH)–C–C–N with tert-alkyl or cyclic N) is 1. The maximum absolute atomic E-state index is 12.2. The van der Waals surface area contributed by atoms with Crippen molar-refractivity contribution in [3.8, 4) is 0 Å². The smallest absolute Gasteiger partial charge is 0.227 e. The minimum Gasteiger partial charge on any atom is -0.388 e. The number of likely N-dealkylation sites (tertiary alicyclic amines) is 1. The first kappa shape index (κ1) is 13.1. The van der Waals surface area contributed by atoms with Crippen molar-refractivity contribution in [3.05, 3.63) is 35.4 Å². The number of piperidine rings is 1. The fraction of sp³-hybridized carbons (Fsp3) is 0.533. The summed E-state index contributed by atoms with van der Waals surface area (Å²) in [6, 6.07) is 8.02. The van der Waals surface area contributed by atoms with Crippen LogP contribution < -0.4 is 0 Å². The van der Waals surface area contributed by atoms with Gasteiger partial charge in [0.2, 0.25) is 5.91 Å². The number of carbonyl (C=O) groups is 1. The summed E-state index contributed by atoms with van der Waals surface area (Å²) < 4.78 is 0. The summed E-state index contributed by atoms with van der Waals surface area (Å²) in [4.78, 5) is 14.0. The second kappa shape index (κ2) is 5.11. The molecular formula is C15H21NO2. The number of hydrogen-bond donors (Lipinski definition) is 1. The molecular weight excluding hydrogens is 226 g/mol. The van der Waals surface area contributed by atoms with E-state index in [4.69, 9.17) is 0 Å². The minimum atomic E-state index is -0.722. The lowest BCUT2D eigenvalue weighted by Gasteiger charge is -2.36. The predicted octanol–water partition coefficient (Wildman–Crippen LogP) is 1.91. The highest BCUT2D eigenvalue weighted by atomic mass is 16.3. The molecule has 0 bridgehead atoms. The average Bonchev–Trinajstić information content (AvgIpc) is 2.27. The molecule has 3 heteroatoms. The molecule has 98 valence electrons. The molecule has 1 heterocycles. The summed E-state index contributed by atoms with van der Waals surface area (Å²) in [6.45, 7) is 5.05. The van der Waals surface area contributed by atoms with Crippen LogP contribution in [0.25, 0.3) is 0 Å². The molecule has 0 spiro atoms. The number of aryl methyl sites for hydroxylation is 1. The van der Waals surface area contributed by atoms with E-state index in [9.17, 15) is 9.90 Å². The Bertz CT molecular complexity index is 440. The topological polar surface area (TPSA) is 40.5 Å². The number of carbonyl (C=O) groups excluding carboxylic acids is 1. The van der Waals surface area contributed by atoms with Gasteiger partial charge in [0.25, 0.3) is 0 Å². The van der Waals surface area contributed by atoms with Crippen molar-refractivity contribution in [2.24, 2.45) is 0 Å². The second-order valence-electron chi connectivity index (χ2n) is 5.58. The quantitative estimate of drug-likeness (QED) is 0.867. The normalized spacial score (nSPS) is 24.1. The fourth-order valence-corrected chi connectivity index (χ4v) is 2.54. The average molecular weight is 247 g/mol. The Kier molecular flexibility index (Phi) is 3.71. The molecule has 1 aliphatic rings. The van der Waals surface area contributed by atoms with E-state index >= 15 is 0 Å². The molecule has 18 heavy (non-hydrogen) atoms. The highest BCUT2D eigenvalue weighted by Crippen LogP contribution is 2.21. The zero-order chi connectivity index (χ0) is 13.2. The highest BCUT2D eigenvalue weighted by molar-refractivity contribution is 5.79. The molecule has 1 amide bonds. The molecule has 0 saturated carbocycles. The Labute approximate surface area is 108 Å². The third-order valence-electron chi connectivity index (χ3n) is 3.47. The number of rotatable bonds is 2. The van der Waals surface area contributed by atoms with Gasteiger partial charge in [0, 0.05) is 13.1 Å². The summed E-state index contributed by atoms with van der Waals surface area (Å²) in [6.07, 6.45) is 2.09. The van der Waals surface area contributed by atoms with E-state index in [0.29, 0.717) is 13.0 Å². The highest BCUT2D eigenvalue weighted by Gasteiger charge is 2.30. The van der Waals surface area contributed by atoms with Crippen molar-refractivity contribution in [3.63, 3.8) is 0 Å². The molecule has 1 saturated heterocycles. The van der Waals surface area contributed by atoms with Gasteiger partial charge in [-0.05, 0) is 32.3 Å². The van der Waals surface area contributed by atoms with Gasteiger partial charge in [-0.25, -0.2) is 0 Å². The summed E-state index contributed by atoms with van der Waals surface area (Å²) in [5, 5.41) is 10.0. The maximum atomic E-state index is 12.2. The van der Waals surface area contributed by atoms with E-state index in [2.05, 4.69) is 0 Å². The molecule has 3 nitrogen and oxygen atoms in total. The largest absolute Gasteiger partial charge is 0.388 e. The molecule has 2 rings (SSSR count). The molecule has 1 aromatic carbocycles.